The van der Waals surface area contributed by atoms with Crippen LogP contribution in [0.1, 0.15) is 38.7 Å². The van der Waals surface area contributed by atoms with E-state index in [2.05, 4.69) is 12.2 Å². The Bertz CT molecular complexity index is 544. The van der Waals surface area contributed by atoms with Gasteiger partial charge in [-0.05, 0) is 36.5 Å². The van der Waals surface area contributed by atoms with Gasteiger partial charge in [-0.15, -0.1) is 0 Å². The number of amides is 2. The summed E-state index contributed by atoms with van der Waals surface area (Å²) < 4.78 is 0. The third-order valence-corrected chi connectivity index (χ3v) is 4.70. The number of rotatable bonds is 6. The summed E-state index contributed by atoms with van der Waals surface area (Å²) in [6.45, 7) is 5.11. The van der Waals surface area contributed by atoms with Crippen LogP contribution in [-0.2, 0) is 16.0 Å². The zero-order valence-electron chi connectivity index (χ0n) is 13.8. The number of hydrogen-bond donors (Lipinski definition) is 1. The fourth-order valence-electron chi connectivity index (χ4n) is 3.14. The van der Waals surface area contributed by atoms with Crippen LogP contribution in [0.3, 0.4) is 0 Å². The third kappa shape index (κ3) is 5.24. The van der Waals surface area contributed by atoms with Crippen LogP contribution in [0.25, 0.3) is 0 Å². The van der Waals surface area contributed by atoms with Crippen molar-refractivity contribution in [3.8, 4) is 0 Å². The first-order valence-corrected chi connectivity index (χ1v) is 8.66. The molecular formula is C18H25ClN2O2. The van der Waals surface area contributed by atoms with E-state index in [1.165, 1.54) is 0 Å². The highest BCUT2D eigenvalue weighted by Gasteiger charge is 2.34. The van der Waals surface area contributed by atoms with Gasteiger partial charge >= 0.3 is 0 Å². The lowest BCUT2D eigenvalue weighted by Crippen LogP contribution is -2.41. The molecule has 0 aromatic heterocycles. The number of carbonyl (C=O) groups is 2. The Labute approximate surface area is 143 Å². The maximum atomic E-state index is 12.2. The molecule has 126 valence electrons. The first kappa shape index (κ1) is 17.8. The van der Waals surface area contributed by atoms with E-state index >= 15 is 0 Å². The Hall–Kier alpha value is -1.55. The van der Waals surface area contributed by atoms with Gasteiger partial charge in [-0.1, -0.05) is 37.1 Å². The lowest BCUT2D eigenvalue weighted by molar-refractivity contribution is -0.128. The number of carbonyl (C=O) groups excluding carboxylic acids is 2. The number of nitrogens with one attached hydrogen (secondary N) is 1. The molecule has 2 atom stereocenters. The summed E-state index contributed by atoms with van der Waals surface area (Å²) in [6, 6.07) is 7.66. The Morgan fingerprint density at radius 3 is 2.57 bits per heavy atom. The summed E-state index contributed by atoms with van der Waals surface area (Å²) in [7, 11) is 0. The number of likely N-dealkylation sites (tertiary alicyclic amines) is 1. The summed E-state index contributed by atoms with van der Waals surface area (Å²) in [5, 5.41) is 3.83. The van der Waals surface area contributed by atoms with E-state index < -0.39 is 0 Å². The van der Waals surface area contributed by atoms with Crippen LogP contribution in [0.2, 0.25) is 5.02 Å². The number of halogens is 1. The maximum absolute atomic E-state index is 12.2. The van der Waals surface area contributed by atoms with Gasteiger partial charge in [0.1, 0.15) is 0 Å². The van der Waals surface area contributed by atoms with Crippen LogP contribution < -0.4 is 5.32 Å². The molecule has 1 heterocycles. The third-order valence-electron chi connectivity index (χ3n) is 4.45. The summed E-state index contributed by atoms with van der Waals surface area (Å²) in [4.78, 5) is 25.6. The largest absolute Gasteiger partial charge is 0.351 e. The molecule has 0 aliphatic carbocycles. The average Bonchev–Trinajstić information content (AvgIpc) is 2.90. The molecule has 0 saturated carbocycles. The molecule has 1 fully saturated rings. The molecule has 1 aromatic rings. The van der Waals surface area contributed by atoms with E-state index in [9.17, 15) is 9.59 Å². The van der Waals surface area contributed by atoms with E-state index in [0.29, 0.717) is 30.3 Å². The zero-order valence-corrected chi connectivity index (χ0v) is 14.6. The molecule has 23 heavy (non-hydrogen) atoms. The average molecular weight is 337 g/mol. The molecule has 0 radical (unpaired) electrons. The molecule has 2 rings (SSSR count). The van der Waals surface area contributed by atoms with Gasteiger partial charge in [0.25, 0.3) is 0 Å². The number of benzene rings is 1. The molecule has 2 amide bonds. The number of nitrogens with zero attached hydrogens (tertiary/aromatic N) is 1. The molecule has 1 N–H and O–H groups in total. The van der Waals surface area contributed by atoms with E-state index in [1.807, 2.05) is 29.2 Å². The van der Waals surface area contributed by atoms with Crippen molar-refractivity contribution >= 4 is 23.4 Å². The van der Waals surface area contributed by atoms with Crippen molar-refractivity contribution < 1.29 is 9.59 Å². The van der Waals surface area contributed by atoms with Crippen molar-refractivity contribution in [2.45, 2.75) is 45.6 Å². The van der Waals surface area contributed by atoms with Crippen molar-refractivity contribution in [2.24, 2.45) is 5.92 Å². The standard InChI is InChI=1S/C18H25ClN2O2/c1-3-4-15-11-21(13(2)22)12-17(15)20-18(23)10-7-14-5-8-16(19)9-6-14/h5-6,8-9,15,17H,3-4,7,10-12H2,1-2H3,(H,20,23)/t15-,17-/m1/s1. The fourth-order valence-corrected chi connectivity index (χ4v) is 3.27. The van der Waals surface area contributed by atoms with Gasteiger partial charge in [-0.25, -0.2) is 0 Å². The van der Waals surface area contributed by atoms with E-state index in [1.54, 1.807) is 6.92 Å². The maximum Gasteiger partial charge on any atom is 0.220 e. The smallest absolute Gasteiger partial charge is 0.220 e. The van der Waals surface area contributed by atoms with Crippen LogP contribution in [0.5, 0.6) is 0 Å². The second kappa shape index (κ2) is 8.34. The number of hydrogen-bond acceptors (Lipinski definition) is 2. The van der Waals surface area contributed by atoms with Crippen molar-refractivity contribution in [2.75, 3.05) is 13.1 Å². The van der Waals surface area contributed by atoms with Gasteiger partial charge in [-0.2, -0.15) is 0 Å². The highest BCUT2D eigenvalue weighted by atomic mass is 35.5. The Morgan fingerprint density at radius 1 is 1.26 bits per heavy atom. The summed E-state index contributed by atoms with van der Waals surface area (Å²) in [6.07, 6.45) is 3.25. The minimum Gasteiger partial charge on any atom is -0.351 e. The molecule has 0 spiro atoms. The highest BCUT2D eigenvalue weighted by Crippen LogP contribution is 2.22. The Balaban J connectivity index is 1.85. The molecule has 1 aliphatic heterocycles. The van der Waals surface area contributed by atoms with Crippen LogP contribution in [0.15, 0.2) is 24.3 Å². The molecule has 1 aromatic carbocycles. The van der Waals surface area contributed by atoms with Crippen molar-refractivity contribution in [1.29, 1.82) is 0 Å². The van der Waals surface area contributed by atoms with Gasteiger partial charge in [0.05, 0.1) is 6.04 Å². The SMILES string of the molecule is CCC[C@@H]1CN(C(C)=O)C[C@H]1NC(=O)CCc1ccc(Cl)cc1. The normalized spacial score (nSPS) is 20.6. The Morgan fingerprint density at radius 2 is 1.96 bits per heavy atom. The van der Waals surface area contributed by atoms with Crippen LogP contribution in [-0.4, -0.2) is 35.8 Å². The van der Waals surface area contributed by atoms with Crippen molar-refractivity contribution in [1.82, 2.24) is 10.2 Å². The predicted molar refractivity (Wildman–Crippen MR) is 92.4 cm³/mol. The first-order chi connectivity index (χ1) is 11.0. The van der Waals surface area contributed by atoms with E-state index in [4.69, 9.17) is 11.6 Å². The lowest BCUT2D eigenvalue weighted by atomic mass is 9.98. The van der Waals surface area contributed by atoms with Crippen LogP contribution in [0, 0.1) is 5.92 Å². The van der Waals surface area contributed by atoms with Crippen LogP contribution >= 0.6 is 11.6 Å². The van der Waals surface area contributed by atoms with Crippen molar-refractivity contribution in [3.05, 3.63) is 34.9 Å². The van der Waals surface area contributed by atoms with Crippen molar-refractivity contribution in [3.63, 3.8) is 0 Å². The quantitative estimate of drug-likeness (QED) is 0.868. The summed E-state index contributed by atoms with van der Waals surface area (Å²) >= 11 is 5.86. The molecule has 0 unspecified atom stereocenters. The molecule has 1 aliphatic rings. The number of aryl methyl sites for hydroxylation is 1. The van der Waals surface area contributed by atoms with E-state index in [-0.39, 0.29) is 17.9 Å². The first-order valence-electron chi connectivity index (χ1n) is 8.29. The van der Waals surface area contributed by atoms with Gasteiger partial charge in [-0.3, -0.25) is 9.59 Å². The van der Waals surface area contributed by atoms with Gasteiger partial charge in [0.15, 0.2) is 0 Å². The minimum atomic E-state index is 0.0523. The molecule has 0 bridgehead atoms. The highest BCUT2D eigenvalue weighted by molar-refractivity contribution is 6.30. The topological polar surface area (TPSA) is 49.4 Å². The monoisotopic (exact) mass is 336 g/mol. The predicted octanol–water partition coefficient (Wildman–Crippen LogP) is 3.04. The van der Waals surface area contributed by atoms with Gasteiger partial charge in [0, 0.05) is 31.5 Å². The van der Waals surface area contributed by atoms with E-state index in [0.717, 1.165) is 24.9 Å². The lowest BCUT2D eigenvalue weighted by Gasteiger charge is -2.19. The summed E-state index contributed by atoms with van der Waals surface area (Å²) in [5.74, 6) is 0.504. The second-order valence-electron chi connectivity index (χ2n) is 6.27. The van der Waals surface area contributed by atoms with Gasteiger partial charge < -0.3 is 10.2 Å². The summed E-state index contributed by atoms with van der Waals surface area (Å²) in [5.41, 5.74) is 1.10. The molecular weight excluding hydrogens is 312 g/mol. The molecule has 4 nitrogen and oxygen atoms in total. The van der Waals surface area contributed by atoms with Crippen LogP contribution in [0.4, 0.5) is 0 Å². The fraction of sp³-hybridized carbons (Fsp3) is 0.556. The minimum absolute atomic E-state index is 0.0523. The molecule has 1 saturated heterocycles. The zero-order chi connectivity index (χ0) is 16.8. The molecule has 5 heteroatoms. The second-order valence-corrected chi connectivity index (χ2v) is 6.71. The van der Waals surface area contributed by atoms with Gasteiger partial charge in [0.2, 0.25) is 11.8 Å². The Kier molecular flexibility index (Phi) is 6.46.